The van der Waals surface area contributed by atoms with E-state index in [-0.39, 0.29) is 30.4 Å². The number of rotatable bonds is 3. The fourth-order valence-corrected chi connectivity index (χ4v) is 7.78. The number of nitrogens with zero attached hydrogens (tertiary/aromatic N) is 3. The second-order valence-corrected chi connectivity index (χ2v) is 11.3. The molecule has 2 aromatic heterocycles. The fourth-order valence-electron chi connectivity index (χ4n) is 7.78. The molecular formula is C33H25N3O4. The van der Waals surface area contributed by atoms with Crippen LogP contribution in [0.5, 0.6) is 5.75 Å². The molecule has 2 aliphatic heterocycles. The van der Waals surface area contributed by atoms with Gasteiger partial charge in [-0.2, -0.15) is 0 Å². The van der Waals surface area contributed by atoms with Crippen LogP contribution >= 0.6 is 0 Å². The van der Waals surface area contributed by atoms with Crippen molar-refractivity contribution in [1.82, 2.24) is 14.0 Å². The van der Waals surface area contributed by atoms with Crippen molar-refractivity contribution in [2.45, 2.75) is 37.6 Å². The van der Waals surface area contributed by atoms with Crippen LogP contribution in [0.1, 0.15) is 51.2 Å². The number of para-hydroxylation sites is 2. The zero-order chi connectivity index (χ0) is 26.9. The number of carbonyl (C=O) groups excluding carboxylic acids is 2. The minimum Gasteiger partial charge on any atom is -0.497 e. The van der Waals surface area contributed by atoms with Gasteiger partial charge in [0, 0.05) is 38.6 Å². The highest BCUT2D eigenvalue weighted by Gasteiger charge is 2.46. The quantitative estimate of drug-likeness (QED) is 0.288. The van der Waals surface area contributed by atoms with Crippen LogP contribution in [0.2, 0.25) is 0 Å². The third-order valence-corrected chi connectivity index (χ3v) is 9.38. The summed E-state index contributed by atoms with van der Waals surface area (Å²) in [5.74, 6) is 0.195. The molecule has 40 heavy (non-hydrogen) atoms. The average molecular weight is 528 g/mol. The minimum absolute atomic E-state index is 0.102. The number of aliphatic hydroxyl groups excluding tert-OH is 1. The number of ether oxygens (including phenoxy) is 1. The third-order valence-electron chi connectivity index (χ3n) is 9.38. The van der Waals surface area contributed by atoms with Crippen LogP contribution in [0, 0.1) is 0 Å². The Morgan fingerprint density at radius 3 is 1.98 bits per heavy atom. The number of methoxy groups -OCH3 is 1. The number of amides is 2. The van der Waals surface area contributed by atoms with Gasteiger partial charge in [0.25, 0.3) is 11.8 Å². The van der Waals surface area contributed by atoms with E-state index >= 15 is 0 Å². The molecule has 1 fully saturated rings. The van der Waals surface area contributed by atoms with Crippen LogP contribution < -0.4 is 4.74 Å². The Balaban J connectivity index is 1.43. The van der Waals surface area contributed by atoms with Crippen molar-refractivity contribution in [3.05, 3.63) is 89.5 Å². The van der Waals surface area contributed by atoms with Crippen molar-refractivity contribution in [3.63, 3.8) is 0 Å². The van der Waals surface area contributed by atoms with Gasteiger partial charge in [0.1, 0.15) is 5.75 Å². The molecule has 3 atom stereocenters. The molecule has 1 aliphatic carbocycles. The van der Waals surface area contributed by atoms with Crippen LogP contribution in [-0.4, -0.2) is 44.2 Å². The number of carbonyl (C=O) groups is 2. The monoisotopic (exact) mass is 527 g/mol. The number of hydrogen-bond acceptors (Lipinski definition) is 4. The summed E-state index contributed by atoms with van der Waals surface area (Å²) in [7, 11) is 1.61. The molecule has 6 aromatic rings. The second kappa shape index (κ2) is 7.52. The summed E-state index contributed by atoms with van der Waals surface area (Å²) in [5, 5.41) is 14.9. The van der Waals surface area contributed by atoms with Crippen LogP contribution in [0.4, 0.5) is 0 Å². The predicted molar refractivity (Wildman–Crippen MR) is 153 cm³/mol. The molecule has 2 bridgehead atoms. The summed E-state index contributed by atoms with van der Waals surface area (Å²) >= 11 is 0. The Kier molecular flexibility index (Phi) is 4.18. The Bertz CT molecular complexity index is 2100. The summed E-state index contributed by atoms with van der Waals surface area (Å²) in [4.78, 5) is 30.0. The zero-order valence-corrected chi connectivity index (χ0v) is 21.8. The first-order valence-corrected chi connectivity index (χ1v) is 13.7. The van der Waals surface area contributed by atoms with Gasteiger partial charge in [0.2, 0.25) is 0 Å². The molecule has 0 unspecified atom stereocenters. The average Bonchev–Trinajstić information content (AvgIpc) is 3.65. The molecule has 4 aromatic carbocycles. The van der Waals surface area contributed by atoms with Crippen molar-refractivity contribution in [1.29, 1.82) is 0 Å². The van der Waals surface area contributed by atoms with Gasteiger partial charge in [0.05, 0.1) is 48.0 Å². The first-order chi connectivity index (χ1) is 19.6. The first kappa shape index (κ1) is 22.2. The van der Waals surface area contributed by atoms with E-state index < -0.39 is 6.10 Å². The number of hydrogen-bond donors (Lipinski definition) is 1. The lowest BCUT2D eigenvalue weighted by Crippen LogP contribution is -2.29. The topological polar surface area (TPSA) is 76.7 Å². The molecular weight excluding hydrogens is 502 g/mol. The molecule has 2 amide bonds. The smallest absolute Gasteiger partial charge is 0.262 e. The third kappa shape index (κ3) is 2.54. The van der Waals surface area contributed by atoms with Gasteiger partial charge < -0.3 is 19.0 Å². The van der Waals surface area contributed by atoms with Crippen LogP contribution in [-0.2, 0) is 6.54 Å². The second-order valence-electron chi connectivity index (χ2n) is 11.3. The zero-order valence-electron chi connectivity index (χ0n) is 21.8. The van der Waals surface area contributed by atoms with E-state index in [1.54, 1.807) is 7.11 Å². The lowest BCUT2D eigenvalue weighted by atomic mass is 9.96. The standard InChI is InChI=1S/C33H25N3O4/c1-40-19-12-10-17(11-13-19)16-34-32(38)28-26-20-6-2-4-8-22(20)35-18-14-24(25(37)15-18)36-23-9-5-3-7-21(23)27(29(28)33(34)39)31(36)30(26)35/h2-13,18,24-25,37H,14-16H2,1H3/t18-,24+,25+/m1/s1. The maximum Gasteiger partial charge on any atom is 0.262 e. The highest BCUT2D eigenvalue weighted by molar-refractivity contribution is 6.39. The maximum absolute atomic E-state index is 14.3. The van der Waals surface area contributed by atoms with E-state index in [9.17, 15) is 14.7 Å². The van der Waals surface area contributed by atoms with E-state index in [1.807, 2.05) is 54.6 Å². The molecule has 1 saturated carbocycles. The maximum atomic E-state index is 14.3. The van der Waals surface area contributed by atoms with Crippen molar-refractivity contribution in [3.8, 4) is 5.75 Å². The Labute approximate surface area is 228 Å². The number of fused-ring (bicyclic) bond motifs is 13. The fraction of sp³-hybridized carbons (Fsp3) is 0.212. The van der Waals surface area contributed by atoms with E-state index in [4.69, 9.17) is 4.74 Å². The summed E-state index contributed by atoms with van der Waals surface area (Å²) in [6, 6.07) is 23.7. The summed E-state index contributed by atoms with van der Waals surface area (Å²) in [6.45, 7) is 0.181. The van der Waals surface area contributed by atoms with Gasteiger partial charge in [-0.15, -0.1) is 0 Å². The lowest BCUT2D eigenvalue weighted by molar-refractivity contribution is 0.0643. The van der Waals surface area contributed by atoms with E-state index in [0.717, 1.165) is 61.3 Å². The van der Waals surface area contributed by atoms with Gasteiger partial charge >= 0.3 is 0 Å². The number of aliphatic hydroxyl groups is 1. The number of imide groups is 1. The number of aromatic nitrogens is 2. The van der Waals surface area contributed by atoms with Crippen LogP contribution in [0.3, 0.4) is 0 Å². The molecule has 196 valence electrons. The SMILES string of the molecule is COc1ccc(CN2C(=O)c3c(c4c5ccccc5n5c4c4c3c3ccccc3n4[C@H]3C[C@H](O)[C@@H]5C3)C2=O)cc1. The van der Waals surface area contributed by atoms with Crippen molar-refractivity contribution < 1.29 is 19.4 Å². The minimum atomic E-state index is -0.495. The van der Waals surface area contributed by atoms with E-state index in [1.165, 1.54) is 4.90 Å². The molecule has 0 spiro atoms. The Morgan fingerprint density at radius 1 is 0.775 bits per heavy atom. The van der Waals surface area contributed by atoms with E-state index in [2.05, 4.69) is 27.3 Å². The van der Waals surface area contributed by atoms with Gasteiger partial charge in [-0.25, -0.2) is 0 Å². The Morgan fingerprint density at radius 2 is 1.35 bits per heavy atom. The molecule has 0 saturated heterocycles. The summed E-state index contributed by atoms with van der Waals surface area (Å²) in [6.07, 6.45) is 0.956. The summed E-state index contributed by atoms with van der Waals surface area (Å²) < 4.78 is 9.91. The van der Waals surface area contributed by atoms with E-state index in [0.29, 0.717) is 17.5 Å². The highest BCUT2D eigenvalue weighted by Crippen LogP contribution is 2.54. The molecule has 7 nitrogen and oxygen atoms in total. The van der Waals surface area contributed by atoms with Crippen LogP contribution in [0.25, 0.3) is 43.6 Å². The van der Waals surface area contributed by atoms with Gasteiger partial charge in [-0.05, 0) is 42.7 Å². The lowest BCUT2D eigenvalue weighted by Gasteiger charge is -2.20. The predicted octanol–water partition coefficient (Wildman–Crippen LogP) is 5.96. The molecule has 3 aliphatic rings. The van der Waals surface area contributed by atoms with Crippen molar-refractivity contribution in [2.24, 2.45) is 0 Å². The molecule has 0 radical (unpaired) electrons. The number of benzene rings is 4. The molecule has 1 N–H and O–H groups in total. The molecule has 4 heterocycles. The molecule has 9 rings (SSSR count). The van der Waals surface area contributed by atoms with Gasteiger partial charge in [0.15, 0.2) is 0 Å². The molecule has 7 heteroatoms. The van der Waals surface area contributed by atoms with Gasteiger partial charge in [-0.1, -0.05) is 48.5 Å². The normalized spacial score (nSPS) is 21.4. The van der Waals surface area contributed by atoms with Crippen molar-refractivity contribution in [2.75, 3.05) is 7.11 Å². The highest BCUT2D eigenvalue weighted by atomic mass is 16.5. The Hall–Kier alpha value is -4.62. The van der Waals surface area contributed by atoms with Gasteiger partial charge in [-0.3, -0.25) is 14.5 Å². The largest absolute Gasteiger partial charge is 0.497 e. The summed E-state index contributed by atoms with van der Waals surface area (Å²) in [5.41, 5.74) is 5.81. The first-order valence-electron chi connectivity index (χ1n) is 13.7. The van der Waals surface area contributed by atoms with Crippen molar-refractivity contribution >= 4 is 55.4 Å². The van der Waals surface area contributed by atoms with Crippen LogP contribution in [0.15, 0.2) is 72.8 Å².